The second-order valence-electron chi connectivity index (χ2n) is 4.52. The van der Waals surface area contributed by atoms with E-state index in [1.807, 2.05) is 0 Å². The van der Waals surface area contributed by atoms with E-state index in [0.717, 1.165) is 6.42 Å². The van der Waals surface area contributed by atoms with Gasteiger partial charge in [-0.2, -0.15) is 0 Å². The Balaban J connectivity index is 2.39. The average Bonchev–Trinajstić information content (AvgIpc) is 2.36. The molecular formula is C15H19N. The quantitative estimate of drug-likeness (QED) is 0.822. The van der Waals surface area contributed by atoms with Crippen molar-refractivity contribution in [2.24, 2.45) is 11.7 Å². The second-order valence-corrected chi connectivity index (χ2v) is 4.52. The molecule has 0 amide bonds. The highest BCUT2D eigenvalue weighted by atomic mass is 14.6. The molecule has 0 heterocycles. The van der Waals surface area contributed by atoms with E-state index in [1.54, 1.807) is 0 Å². The molecule has 2 N–H and O–H groups in total. The molecule has 0 bridgehead atoms. The van der Waals surface area contributed by atoms with E-state index in [4.69, 9.17) is 5.73 Å². The summed E-state index contributed by atoms with van der Waals surface area (Å²) in [6, 6.07) is 15.1. The zero-order valence-corrected chi connectivity index (χ0v) is 9.98. The normalized spacial score (nSPS) is 14.9. The molecule has 84 valence electrons. The zero-order chi connectivity index (χ0) is 11.5. The molecule has 0 spiro atoms. The minimum atomic E-state index is 0.148. The van der Waals surface area contributed by atoms with E-state index >= 15 is 0 Å². The number of hydrogen-bond acceptors (Lipinski definition) is 1. The van der Waals surface area contributed by atoms with Crippen molar-refractivity contribution in [3.8, 4) is 0 Å². The van der Waals surface area contributed by atoms with Gasteiger partial charge in [-0.05, 0) is 28.3 Å². The highest BCUT2D eigenvalue weighted by Gasteiger charge is 2.12. The van der Waals surface area contributed by atoms with Gasteiger partial charge in [0.15, 0.2) is 0 Å². The zero-order valence-electron chi connectivity index (χ0n) is 9.98. The van der Waals surface area contributed by atoms with Gasteiger partial charge in [-0.1, -0.05) is 56.7 Å². The van der Waals surface area contributed by atoms with Gasteiger partial charge in [0.05, 0.1) is 0 Å². The van der Waals surface area contributed by atoms with Crippen LogP contribution in [0.1, 0.15) is 31.9 Å². The van der Waals surface area contributed by atoms with Gasteiger partial charge in [-0.25, -0.2) is 0 Å². The van der Waals surface area contributed by atoms with Crippen LogP contribution in [0.15, 0.2) is 42.5 Å². The summed E-state index contributed by atoms with van der Waals surface area (Å²) in [4.78, 5) is 0. The minimum absolute atomic E-state index is 0.148. The van der Waals surface area contributed by atoms with Gasteiger partial charge in [0.1, 0.15) is 0 Å². The van der Waals surface area contributed by atoms with Crippen molar-refractivity contribution in [1.82, 2.24) is 0 Å². The Bertz CT molecular complexity index is 476. The number of rotatable bonds is 3. The molecule has 2 aromatic carbocycles. The molecule has 0 aliphatic rings. The van der Waals surface area contributed by atoms with Crippen LogP contribution in [-0.4, -0.2) is 0 Å². The molecule has 0 radical (unpaired) electrons. The number of fused-ring (bicyclic) bond motifs is 1. The Labute approximate surface area is 97.3 Å². The van der Waals surface area contributed by atoms with Gasteiger partial charge in [-0.3, -0.25) is 0 Å². The van der Waals surface area contributed by atoms with Gasteiger partial charge in [-0.15, -0.1) is 0 Å². The first-order chi connectivity index (χ1) is 7.72. The van der Waals surface area contributed by atoms with Crippen LogP contribution >= 0.6 is 0 Å². The van der Waals surface area contributed by atoms with Crippen LogP contribution in [0, 0.1) is 5.92 Å². The first kappa shape index (κ1) is 11.2. The summed E-state index contributed by atoms with van der Waals surface area (Å²) in [6.07, 6.45) is 1.12. The van der Waals surface area contributed by atoms with Crippen molar-refractivity contribution in [1.29, 1.82) is 0 Å². The molecule has 0 saturated heterocycles. The molecule has 2 atom stereocenters. The van der Waals surface area contributed by atoms with Crippen molar-refractivity contribution >= 4 is 10.8 Å². The summed E-state index contributed by atoms with van der Waals surface area (Å²) in [6.45, 7) is 4.39. The largest absolute Gasteiger partial charge is 0.324 e. The number of nitrogens with two attached hydrogens (primary N) is 1. The van der Waals surface area contributed by atoms with E-state index in [9.17, 15) is 0 Å². The Morgan fingerprint density at radius 2 is 1.75 bits per heavy atom. The van der Waals surface area contributed by atoms with E-state index in [-0.39, 0.29) is 6.04 Å². The van der Waals surface area contributed by atoms with Crippen molar-refractivity contribution in [2.75, 3.05) is 0 Å². The molecule has 2 aromatic rings. The summed E-state index contributed by atoms with van der Waals surface area (Å²) in [5.74, 6) is 0.529. The molecule has 1 heteroatoms. The number of hydrogen-bond donors (Lipinski definition) is 1. The average molecular weight is 213 g/mol. The Morgan fingerprint density at radius 3 is 2.44 bits per heavy atom. The minimum Gasteiger partial charge on any atom is -0.324 e. The SMILES string of the molecule is CCC(C)C(N)c1ccc2ccccc2c1. The maximum absolute atomic E-state index is 6.24. The van der Waals surface area contributed by atoms with Crippen LogP contribution in [0.4, 0.5) is 0 Å². The first-order valence-electron chi connectivity index (χ1n) is 5.96. The Kier molecular flexibility index (Phi) is 3.25. The van der Waals surface area contributed by atoms with Crippen LogP contribution in [0.25, 0.3) is 10.8 Å². The van der Waals surface area contributed by atoms with E-state index in [0.29, 0.717) is 5.92 Å². The maximum Gasteiger partial charge on any atom is 0.0320 e. The van der Waals surface area contributed by atoms with Crippen molar-refractivity contribution in [2.45, 2.75) is 26.3 Å². The van der Waals surface area contributed by atoms with Crippen molar-refractivity contribution in [3.05, 3.63) is 48.0 Å². The predicted octanol–water partition coefficient (Wildman–Crippen LogP) is 3.89. The Hall–Kier alpha value is -1.34. The molecule has 0 aliphatic carbocycles. The molecule has 0 aliphatic heterocycles. The van der Waals surface area contributed by atoms with Gasteiger partial charge < -0.3 is 5.73 Å². The molecule has 0 fully saturated rings. The predicted molar refractivity (Wildman–Crippen MR) is 70.3 cm³/mol. The van der Waals surface area contributed by atoms with E-state index in [1.165, 1.54) is 16.3 Å². The fraction of sp³-hybridized carbons (Fsp3) is 0.333. The summed E-state index contributed by atoms with van der Waals surface area (Å²) >= 11 is 0. The first-order valence-corrected chi connectivity index (χ1v) is 5.96. The summed E-state index contributed by atoms with van der Waals surface area (Å²) in [5, 5.41) is 2.56. The fourth-order valence-corrected chi connectivity index (χ4v) is 2.00. The molecule has 0 aromatic heterocycles. The lowest BCUT2D eigenvalue weighted by Crippen LogP contribution is -2.18. The molecule has 2 rings (SSSR count). The lowest BCUT2D eigenvalue weighted by Gasteiger charge is -2.19. The maximum atomic E-state index is 6.24. The van der Waals surface area contributed by atoms with Crippen molar-refractivity contribution < 1.29 is 0 Å². The molecule has 1 nitrogen and oxygen atoms in total. The van der Waals surface area contributed by atoms with E-state index in [2.05, 4.69) is 56.3 Å². The highest BCUT2D eigenvalue weighted by Crippen LogP contribution is 2.25. The monoisotopic (exact) mass is 213 g/mol. The lowest BCUT2D eigenvalue weighted by molar-refractivity contribution is 0.457. The van der Waals surface area contributed by atoms with Gasteiger partial charge in [0.25, 0.3) is 0 Å². The summed E-state index contributed by atoms with van der Waals surface area (Å²) in [5.41, 5.74) is 7.48. The highest BCUT2D eigenvalue weighted by molar-refractivity contribution is 5.83. The molecule has 2 unspecified atom stereocenters. The lowest BCUT2D eigenvalue weighted by atomic mass is 9.92. The van der Waals surface area contributed by atoms with Crippen LogP contribution in [0.5, 0.6) is 0 Å². The van der Waals surface area contributed by atoms with Crippen LogP contribution in [-0.2, 0) is 0 Å². The topological polar surface area (TPSA) is 26.0 Å². The van der Waals surface area contributed by atoms with Crippen LogP contribution in [0.3, 0.4) is 0 Å². The summed E-state index contributed by atoms with van der Waals surface area (Å²) < 4.78 is 0. The standard InChI is InChI=1S/C15H19N/c1-3-11(2)15(16)14-9-8-12-6-4-5-7-13(12)10-14/h4-11,15H,3,16H2,1-2H3. The molecular weight excluding hydrogens is 194 g/mol. The third-order valence-corrected chi connectivity index (χ3v) is 3.42. The van der Waals surface area contributed by atoms with Crippen LogP contribution < -0.4 is 5.73 Å². The van der Waals surface area contributed by atoms with Gasteiger partial charge in [0.2, 0.25) is 0 Å². The third-order valence-electron chi connectivity index (χ3n) is 3.42. The second kappa shape index (κ2) is 4.67. The number of benzene rings is 2. The molecule has 16 heavy (non-hydrogen) atoms. The van der Waals surface area contributed by atoms with Crippen LogP contribution in [0.2, 0.25) is 0 Å². The smallest absolute Gasteiger partial charge is 0.0320 e. The third kappa shape index (κ3) is 2.10. The summed E-state index contributed by atoms with van der Waals surface area (Å²) in [7, 11) is 0. The van der Waals surface area contributed by atoms with Crippen molar-refractivity contribution in [3.63, 3.8) is 0 Å². The van der Waals surface area contributed by atoms with E-state index < -0.39 is 0 Å². The van der Waals surface area contributed by atoms with Gasteiger partial charge in [0, 0.05) is 6.04 Å². The Morgan fingerprint density at radius 1 is 1.06 bits per heavy atom. The fourth-order valence-electron chi connectivity index (χ4n) is 2.00. The van der Waals surface area contributed by atoms with Gasteiger partial charge >= 0.3 is 0 Å². The molecule has 0 saturated carbocycles.